The summed E-state index contributed by atoms with van der Waals surface area (Å²) in [5.41, 5.74) is 10.4. The molecule has 2 heterocycles. The average molecular weight is 371 g/mol. The van der Waals surface area contributed by atoms with E-state index in [1.807, 2.05) is 42.7 Å². The first-order valence-corrected chi connectivity index (χ1v) is 9.28. The van der Waals surface area contributed by atoms with Gasteiger partial charge in [-0.15, -0.1) is 0 Å². The molecule has 4 rings (SSSR count). The number of anilines is 1. The maximum Gasteiger partial charge on any atom is 0.152 e. The van der Waals surface area contributed by atoms with Gasteiger partial charge >= 0.3 is 0 Å². The number of nitrogens with zero attached hydrogens (tertiary/aromatic N) is 4. The minimum Gasteiger partial charge on any atom is -0.382 e. The number of benzene rings is 2. The van der Waals surface area contributed by atoms with Crippen molar-refractivity contribution in [3.8, 4) is 6.07 Å². The Morgan fingerprint density at radius 3 is 2.71 bits per heavy atom. The summed E-state index contributed by atoms with van der Waals surface area (Å²) >= 11 is 0. The van der Waals surface area contributed by atoms with E-state index in [2.05, 4.69) is 27.5 Å². The van der Waals surface area contributed by atoms with Crippen molar-refractivity contribution >= 4 is 27.8 Å². The van der Waals surface area contributed by atoms with Gasteiger partial charge < -0.3 is 15.0 Å². The van der Waals surface area contributed by atoms with Gasteiger partial charge in [0.15, 0.2) is 5.82 Å². The fourth-order valence-corrected chi connectivity index (χ4v) is 3.43. The van der Waals surface area contributed by atoms with Gasteiger partial charge in [-0.1, -0.05) is 37.3 Å². The maximum absolute atomic E-state index is 8.89. The number of fused-ring (bicyclic) bond motifs is 3. The second-order valence-electron chi connectivity index (χ2n) is 6.75. The smallest absolute Gasteiger partial charge is 0.152 e. The van der Waals surface area contributed by atoms with E-state index in [1.165, 1.54) is 0 Å². The fraction of sp³-hybridized carbons (Fsp3) is 0.227. The number of pyridine rings is 1. The van der Waals surface area contributed by atoms with Gasteiger partial charge in [0, 0.05) is 5.39 Å². The molecule has 0 fully saturated rings. The lowest BCUT2D eigenvalue weighted by molar-refractivity contribution is 0.0897. The molecule has 28 heavy (non-hydrogen) atoms. The standard InChI is InChI=1S/C22H21N5O/c1-2-17(13-28-12-16-9-7-15(11-23)8-10-16)27-14-25-20-21(27)18-5-3-4-6-19(18)26-22(20)24/h3-10,14,17H,2,12-13H2,1H3,(H2,24,26)/t17-/m1/s1. The molecule has 4 aromatic rings. The number of nitrogens with two attached hydrogens (primary N) is 1. The topological polar surface area (TPSA) is 89.8 Å². The molecular formula is C22H21N5O. The predicted molar refractivity (Wildman–Crippen MR) is 110 cm³/mol. The lowest BCUT2D eigenvalue weighted by atomic mass is 10.1. The van der Waals surface area contributed by atoms with Crippen LogP contribution in [0, 0.1) is 11.3 Å². The second-order valence-corrected chi connectivity index (χ2v) is 6.75. The van der Waals surface area contributed by atoms with Crippen LogP contribution in [0.15, 0.2) is 54.9 Å². The van der Waals surface area contributed by atoms with Crippen LogP contribution in [0.1, 0.15) is 30.5 Å². The molecule has 0 aliphatic rings. The van der Waals surface area contributed by atoms with Crippen molar-refractivity contribution in [3.05, 3.63) is 66.0 Å². The van der Waals surface area contributed by atoms with Crippen molar-refractivity contribution in [2.45, 2.75) is 26.0 Å². The molecule has 2 aromatic heterocycles. The van der Waals surface area contributed by atoms with Gasteiger partial charge in [-0.2, -0.15) is 5.26 Å². The highest BCUT2D eigenvalue weighted by Crippen LogP contribution is 2.30. The minimum absolute atomic E-state index is 0.133. The molecule has 2 aromatic carbocycles. The highest BCUT2D eigenvalue weighted by Gasteiger charge is 2.17. The molecule has 0 bridgehead atoms. The number of hydrogen-bond donors (Lipinski definition) is 1. The average Bonchev–Trinajstić information content (AvgIpc) is 3.18. The van der Waals surface area contributed by atoms with Crippen molar-refractivity contribution in [1.82, 2.24) is 14.5 Å². The quantitative estimate of drug-likeness (QED) is 0.548. The Morgan fingerprint density at radius 2 is 1.96 bits per heavy atom. The molecule has 6 nitrogen and oxygen atoms in total. The Balaban J connectivity index is 1.59. The molecule has 140 valence electrons. The van der Waals surface area contributed by atoms with Crippen LogP contribution < -0.4 is 5.73 Å². The van der Waals surface area contributed by atoms with Crippen LogP contribution in [0.3, 0.4) is 0 Å². The molecule has 0 unspecified atom stereocenters. The van der Waals surface area contributed by atoms with Crippen molar-refractivity contribution in [2.24, 2.45) is 0 Å². The number of rotatable bonds is 6. The van der Waals surface area contributed by atoms with Crippen LogP contribution >= 0.6 is 0 Å². The van der Waals surface area contributed by atoms with Crippen LogP contribution in [-0.2, 0) is 11.3 Å². The Kier molecular flexibility index (Phi) is 4.92. The molecular weight excluding hydrogens is 350 g/mol. The highest BCUT2D eigenvalue weighted by molar-refractivity contribution is 6.06. The van der Waals surface area contributed by atoms with Gasteiger partial charge in [0.05, 0.1) is 48.2 Å². The van der Waals surface area contributed by atoms with Crippen molar-refractivity contribution in [1.29, 1.82) is 5.26 Å². The van der Waals surface area contributed by atoms with E-state index >= 15 is 0 Å². The maximum atomic E-state index is 8.89. The first-order valence-electron chi connectivity index (χ1n) is 9.28. The zero-order chi connectivity index (χ0) is 19.5. The lowest BCUT2D eigenvalue weighted by Crippen LogP contribution is -2.14. The van der Waals surface area contributed by atoms with E-state index in [9.17, 15) is 0 Å². The van der Waals surface area contributed by atoms with E-state index in [1.54, 1.807) is 12.1 Å². The van der Waals surface area contributed by atoms with E-state index in [4.69, 9.17) is 15.7 Å². The van der Waals surface area contributed by atoms with Gasteiger partial charge in [0.2, 0.25) is 0 Å². The number of hydrogen-bond acceptors (Lipinski definition) is 5. The summed E-state index contributed by atoms with van der Waals surface area (Å²) in [6.45, 7) is 3.19. The molecule has 0 spiro atoms. The molecule has 0 radical (unpaired) electrons. The molecule has 1 atom stereocenters. The lowest BCUT2D eigenvalue weighted by Gasteiger charge is -2.19. The van der Waals surface area contributed by atoms with E-state index in [0.717, 1.165) is 33.9 Å². The first-order chi connectivity index (χ1) is 13.7. The number of para-hydroxylation sites is 1. The number of nitriles is 1. The predicted octanol–water partition coefficient (Wildman–Crippen LogP) is 4.21. The van der Waals surface area contributed by atoms with Crippen LogP contribution in [0.5, 0.6) is 0 Å². The third-order valence-corrected chi connectivity index (χ3v) is 4.96. The summed E-state index contributed by atoms with van der Waals surface area (Å²) in [7, 11) is 0. The van der Waals surface area contributed by atoms with E-state index in [-0.39, 0.29) is 6.04 Å². The van der Waals surface area contributed by atoms with Gasteiger partial charge in [-0.25, -0.2) is 9.97 Å². The van der Waals surface area contributed by atoms with E-state index < -0.39 is 0 Å². The SMILES string of the molecule is CC[C@H](COCc1ccc(C#N)cc1)n1cnc2c(N)nc3ccccc3c21. The first kappa shape index (κ1) is 18.0. The van der Waals surface area contributed by atoms with Crippen LogP contribution in [0.2, 0.25) is 0 Å². The number of aromatic nitrogens is 3. The number of imidazole rings is 1. The van der Waals surface area contributed by atoms with Crippen LogP contribution in [-0.4, -0.2) is 21.1 Å². The Hall–Kier alpha value is -3.43. The summed E-state index contributed by atoms with van der Waals surface area (Å²) < 4.78 is 8.13. The van der Waals surface area contributed by atoms with Gasteiger partial charge in [0.1, 0.15) is 5.52 Å². The third kappa shape index (κ3) is 3.28. The van der Waals surface area contributed by atoms with Crippen LogP contribution in [0.4, 0.5) is 5.82 Å². The molecule has 2 N–H and O–H groups in total. The summed E-state index contributed by atoms with van der Waals surface area (Å²) in [4.78, 5) is 8.98. The van der Waals surface area contributed by atoms with Crippen LogP contribution in [0.25, 0.3) is 21.9 Å². The van der Waals surface area contributed by atoms with Crippen molar-refractivity contribution < 1.29 is 4.74 Å². The van der Waals surface area contributed by atoms with Crippen molar-refractivity contribution in [3.63, 3.8) is 0 Å². The molecule has 0 aliphatic heterocycles. The molecule has 6 heteroatoms. The Labute approximate surface area is 163 Å². The molecule has 0 amide bonds. The van der Waals surface area contributed by atoms with Crippen molar-refractivity contribution in [2.75, 3.05) is 12.3 Å². The second kappa shape index (κ2) is 7.67. The minimum atomic E-state index is 0.133. The summed E-state index contributed by atoms with van der Waals surface area (Å²) in [6.07, 6.45) is 2.73. The van der Waals surface area contributed by atoms with Gasteiger partial charge in [-0.05, 0) is 30.2 Å². The fourth-order valence-electron chi connectivity index (χ4n) is 3.43. The summed E-state index contributed by atoms with van der Waals surface area (Å²) in [5.74, 6) is 0.445. The Bertz CT molecular complexity index is 1160. The monoisotopic (exact) mass is 371 g/mol. The summed E-state index contributed by atoms with van der Waals surface area (Å²) in [6, 6.07) is 17.7. The molecule has 0 saturated carbocycles. The normalized spacial score (nSPS) is 12.3. The highest BCUT2D eigenvalue weighted by atomic mass is 16.5. The van der Waals surface area contributed by atoms with Gasteiger partial charge in [0.25, 0.3) is 0 Å². The summed E-state index contributed by atoms with van der Waals surface area (Å²) in [5, 5.41) is 9.93. The Morgan fingerprint density at radius 1 is 1.18 bits per heavy atom. The zero-order valence-electron chi connectivity index (χ0n) is 15.7. The molecule has 0 aliphatic carbocycles. The number of ether oxygens (including phenoxy) is 1. The third-order valence-electron chi connectivity index (χ3n) is 4.96. The van der Waals surface area contributed by atoms with E-state index in [0.29, 0.717) is 24.6 Å². The molecule has 0 saturated heterocycles. The largest absolute Gasteiger partial charge is 0.382 e. The zero-order valence-corrected chi connectivity index (χ0v) is 15.7. The van der Waals surface area contributed by atoms with Gasteiger partial charge in [-0.3, -0.25) is 0 Å². The number of nitrogen functional groups attached to an aromatic ring is 1.